The molecule has 1 fully saturated rings. The summed E-state index contributed by atoms with van der Waals surface area (Å²) < 4.78 is 38.3. The molecule has 0 amide bonds. The van der Waals surface area contributed by atoms with Crippen molar-refractivity contribution >= 4 is 0 Å². The SMILES string of the molecule is CCC1CCCC(N)(c2cccc(C(F)(F)F)c2)C1. The van der Waals surface area contributed by atoms with Gasteiger partial charge in [-0.05, 0) is 36.5 Å². The van der Waals surface area contributed by atoms with Crippen molar-refractivity contribution in [2.75, 3.05) is 0 Å². The minimum atomic E-state index is -4.30. The minimum Gasteiger partial charge on any atom is -0.321 e. The van der Waals surface area contributed by atoms with Crippen LogP contribution in [0.4, 0.5) is 13.2 Å². The van der Waals surface area contributed by atoms with Crippen LogP contribution in [0.25, 0.3) is 0 Å². The number of hydrogen-bond donors (Lipinski definition) is 1. The average Bonchev–Trinajstić information content (AvgIpc) is 2.38. The van der Waals surface area contributed by atoms with Crippen molar-refractivity contribution in [2.45, 2.75) is 50.7 Å². The largest absolute Gasteiger partial charge is 0.416 e. The van der Waals surface area contributed by atoms with E-state index in [0.29, 0.717) is 11.5 Å². The van der Waals surface area contributed by atoms with E-state index in [1.807, 2.05) is 0 Å². The van der Waals surface area contributed by atoms with Crippen LogP contribution >= 0.6 is 0 Å². The van der Waals surface area contributed by atoms with Crippen molar-refractivity contribution in [3.63, 3.8) is 0 Å². The summed E-state index contributed by atoms with van der Waals surface area (Å²) in [7, 11) is 0. The Morgan fingerprint density at radius 2 is 2.11 bits per heavy atom. The lowest BCUT2D eigenvalue weighted by molar-refractivity contribution is -0.137. The molecule has 0 heterocycles. The van der Waals surface area contributed by atoms with E-state index in [4.69, 9.17) is 5.73 Å². The van der Waals surface area contributed by atoms with Gasteiger partial charge in [-0.25, -0.2) is 0 Å². The Labute approximate surface area is 112 Å². The quantitative estimate of drug-likeness (QED) is 0.844. The van der Waals surface area contributed by atoms with Crippen molar-refractivity contribution in [1.82, 2.24) is 0 Å². The number of benzene rings is 1. The Kier molecular flexibility index (Phi) is 3.90. The van der Waals surface area contributed by atoms with Gasteiger partial charge in [0.1, 0.15) is 0 Å². The van der Waals surface area contributed by atoms with Crippen LogP contribution in [-0.4, -0.2) is 0 Å². The highest BCUT2D eigenvalue weighted by molar-refractivity contribution is 5.31. The van der Waals surface area contributed by atoms with Crippen LogP contribution in [0.2, 0.25) is 0 Å². The zero-order chi connectivity index (χ0) is 14.1. The molecule has 0 radical (unpaired) electrons. The lowest BCUT2D eigenvalue weighted by Crippen LogP contribution is -2.41. The first kappa shape index (κ1) is 14.4. The molecule has 4 heteroatoms. The zero-order valence-electron chi connectivity index (χ0n) is 11.1. The highest BCUT2D eigenvalue weighted by Gasteiger charge is 2.36. The molecule has 1 aromatic carbocycles. The maximum atomic E-state index is 12.8. The minimum absolute atomic E-state index is 0.522. The molecule has 0 spiro atoms. The average molecular weight is 271 g/mol. The normalized spacial score (nSPS) is 28.4. The Bertz CT molecular complexity index is 441. The molecule has 2 unspecified atom stereocenters. The summed E-state index contributed by atoms with van der Waals surface area (Å²) in [6.07, 6.45) is 0.415. The summed E-state index contributed by atoms with van der Waals surface area (Å²) in [6.45, 7) is 2.11. The fourth-order valence-corrected chi connectivity index (χ4v) is 3.04. The van der Waals surface area contributed by atoms with E-state index in [9.17, 15) is 13.2 Å². The number of nitrogens with two attached hydrogens (primary N) is 1. The van der Waals surface area contributed by atoms with Crippen molar-refractivity contribution in [2.24, 2.45) is 11.7 Å². The first-order chi connectivity index (χ1) is 8.85. The van der Waals surface area contributed by atoms with Gasteiger partial charge >= 0.3 is 6.18 Å². The summed E-state index contributed by atoms with van der Waals surface area (Å²) in [6, 6.07) is 5.51. The van der Waals surface area contributed by atoms with Gasteiger partial charge in [-0.2, -0.15) is 13.2 Å². The fourth-order valence-electron chi connectivity index (χ4n) is 3.04. The van der Waals surface area contributed by atoms with Gasteiger partial charge < -0.3 is 5.73 Å². The van der Waals surface area contributed by atoms with E-state index >= 15 is 0 Å². The molecule has 1 nitrogen and oxygen atoms in total. The number of alkyl halides is 3. The van der Waals surface area contributed by atoms with Crippen molar-refractivity contribution in [1.29, 1.82) is 0 Å². The van der Waals surface area contributed by atoms with Gasteiger partial charge in [0.2, 0.25) is 0 Å². The second-order valence-corrected chi connectivity index (χ2v) is 5.61. The van der Waals surface area contributed by atoms with Crippen LogP contribution in [-0.2, 0) is 11.7 Å². The monoisotopic (exact) mass is 271 g/mol. The van der Waals surface area contributed by atoms with Gasteiger partial charge in [0, 0.05) is 5.54 Å². The number of halogens is 3. The van der Waals surface area contributed by atoms with Gasteiger partial charge in [-0.3, -0.25) is 0 Å². The molecule has 106 valence electrons. The maximum Gasteiger partial charge on any atom is 0.416 e. The van der Waals surface area contributed by atoms with E-state index < -0.39 is 17.3 Å². The molecule has 2 N–H and O–H groups in total. The Morgan fingerprint density at radius 3 is 2.74 bits per heavy atom. The predicted molar refractivity (Wildman–Crippen MR) is 69.6 cm³/mol. The Morgan fingerprint density at radius 1 is 1.37 bits per heavy atom. The molecule has 0 saturated heterocycles. The van der Waals surface area contributed by atoms with Gasteiger partial charge in [0.15, 0.2) is 0 Å². The highest BCUT2D eigenvalue weighted by Crippen LogP contribution is 2.40. The van der Waals surface area contributed by atoms with Gasteiger partial charge in [-0.15, -0.1) is 0 Å². The molecule has 19 heavy (non-hydrogen) atoms. The molecule has 2 atom stereocenters. The molecule has 0 aliphatic heterocycles. The standard InChI is InChI=1S/C15H20F3N/c1-2-11-5-4-8-14(19,10-11)12-6-3-7-13(9-12)15(16,17)18/h3,6-7,9,11H,2,4-5,8,10,19H2,1H3. The smallest absolute Gasteiger partial charge is 0.321 e. The Hall–Kier alpha value is -1.03. The topological polar surface area (TPSA) is 26.0 Å². The molecule has 0 aromatic heterocycles. The molecular formula is C15H20F3N. The van der Waals surface area contributed by atoms with E-state index in [2.05, 4.69) is 6.92 Å². The molecular weight excluding hydrogens is 251 g/mol. The number of rotatable bonds is 2. The molecule has 0 bridgehead atoms. The second kappa shape index (κ2) is 5.16. The summed E-state index contributed by atoms with van der Waals surface area (Å²) in [5.74, 6) is 0.522. The summed E-state index contributed by atoms with van der Waals surface area (Å²) in [5, 5.41) is 0. The van der Waals surface area contributed by atoms with Crippen molar-refractivity contribution in [3.8, 4) is 0 Å². The fraction of sp³-hybridized carbons (Fsp3) is 0.600. The van der Waals surface area contributed by atoms with Crippen LogP contribution in [0, 0.1) is 5.92 Å². The molecule has 1 aliphatic carbocycles. The van der Waals surface area contributed by atoms with Gasteiger partial charge in [0.25, 0.3) is 0 Å². The van der Waals surface area contributed by atoms with Gasteiger partial charge in [0.05, 0.1) is 5.56 Å². The predicted octanol–water partition coefficient (Wildman–Crippen LogP) is 4.46. The van der Waals surface area contributed by atoms with Crippen molar-refractivity contribution in [3.05, 3.63) is 35.4 Å². The third kappa shape index (κ3) is 3.11. The molecule has 1 aromatic rings. The third-order valence-corrected chi connectivity index (χ3v) is 4.23. The number of hydrogen-bond acceptors (Lipinski definition) is 1. The lowest BCUT2D eigenvalue weighted by Gasteiger charge is -2.38. The van der Waals surface area contributed by atoms with Gasteiger partial charge in [-0.1, -0.05) is 38.3 Å². The van der Waals surface area contributed by atoms with E-state index in [-0.39, 0.29) is 0 Å². The van der Waals surface area contributed by atoms with Crippen LogP contribution in [0.1, 0.15) is 50.2 Å². The molecule has 1 saturated carbocycles. The summed E-state index contributed by atoms with van der Waals surface area (Å²) >= 11 is 0. The molecule has 1 aliphatic rings. The summed E-state index contributed by atoms with van der Waals surface area (Å²) in [4.78, 5) is 0. The van der Waals surface area contributed by atoms with E-state index in [1.165, 1.54) is 12.1 Å². The zero-order valence-corrected chi connectivity index (χ0v) is 11.1. The maximum absolute atomic E-state index is 12.8. The first-order valence-corrected chi connectivity index (χ1v) is 6.82. The van der Waals surface area contributed by atoms with E-state index in [0.717, 1.165) is 38.2 Å². The summed E-state index contributed by atoms with van der Waals surface area (Å²) in [5.41, 5.74) is 5.82. The van der Waals surface area contributed by atoms with Crippen molar-refractivity contribution < 1.29 is 13.2 Å². The van der Waals surface area contributed by atoms with Crippen LogP contribution in [0.5, 0.6) is 0 Å². The van der Waals surface area contributed by atoms with Crippen LogP contribution in [0.3, 0.4) is 0 Å². The van der Waals surface area contributed by atoms with Crippen LogP contribution in [0.15, 0.2) is 24.3 Å². The molecule has 2 rings (SSSR count). The van der Waals surface area contributed by atoms with E-state index in [1.54, 1.807) is 6.07 Å². The lowest BCUT2D eigenvalue weighted by atomic mass is 9.71. The highest BCUT2D eigenvalue weighted by atomic mass is 19.4. The second-order valence-electron chi connectivity index (χ2n) is 5.61. The first-order valence-electron chi connectivity index (χ1n) is 6.82. The van der Waals surface area contributed by atoms with Crippen LogP contribution < -0.4 is 5.73 Å². The Balaban J connectivity index is 2.30. The third-order valence-electron chi connectivity index (χ3n) is 4.23.